The molecule has 0 aromatic heterocycles. The molecular weight excluding hydrogens is 293 g/mol. The number of rotatable bonds is 8. The summed E-state index contributed by atoms with van der Waals surface area (Å²) in [6.07, 6.45) is 2.31. The van der Waals surface area contributed by atoms with Crippen molar-refractivity contribution < 1.29 is 9.53 Å². The van der Waals surface area contributed by atoms with Crippen molar-refractivity contribution in [2.75, 3.05) is 20.2 Å². The Labute approximate surface area is 115 Å². The minimum absolute atomic E-state index is 0.0400. The van der Waals surface area contributed by atoms with Gasteiger partial charge in [-0.05, 0) is 0 Å². The molecule has 3 nitrogen and oxygen atoms in total. The zero-order chi connectivity index (χ0) is 13.2. The normalized spacial score (nSPS) is 12.1. The molecule has 0 fully saturated rings. The Kier molecular flexibility index (Phi) is 7.74. The van der Waals surface area contributed by atoms with Gasteiger partial charge in [-0.25, -0.2) is 0 Å². The Balaban J connectivity index is 2.48. The summed E-state index contributed by atoms with van der Waals surface area (Å²) in [4.78, 5) is 11.7. The quantitative estimate of drug-likeness (QED) is 0.447. The Morgan fingerprint density at radius 3 is 2.72 bits per heavy atom. The van der Waals surface area contributed by atoms with Crippen molar-refractivity contribution in [3.8, 4) is 0 Å². The summed E-state index contributed by atoms with van der Waals surface area (Å²) in [5.74, 6) is -0.108. The van der Waals surface area contributed by atoms with Crippen molar-refractivity contribution in [3.05, 3.63) is 30.3 Å². The fraction of sp³-hybridized carbons (Fsp3) is 0.500. The summed E-state index contributed by atoms with van der Waals surface area (Å²) in [6, 6.07) is 10.2. The van der Waals surface area contributed by atoms with Gasteiger partial charge in [-0.2, -0.15) is 0 Å². The maximum absolute atomic E-state index is 11.7. The van der Waals surface area contributed by atoms with Gasteiger partial charge in [-0.1, -0.05) is 0 Å². The molecule has 18 heavy (non-hydrogen) atoms. The predicted molar refractivity (Wildman–Crippen MR) is 75.4 cm³/mol. The molecule has 0 saturated carbocycles. The molecule has 0 radical (unpaired) electrons. The molecule has 1 atom stereocenters. The molecule has 1 N–H and O–H groups in total. The van der Waals surface area contributed by atoms with Crippen LogP contribution in [-0.4, -0.2) is 41.1 Å². The molecule has 0 spiro atoms. The topological polar surface area (TPSA) is 38.3 Å². The Bertz CT molecular complexity index is 343. The first-order valence-electron chi connectivity index (χ1n) is 6.28. The third-order valence-electron chi connectivity index (χ3n) is 2.52. The van der Waals surface area contributed by atoms with Crippen LogP contribution in [0, 0.1) is 0 Å². The second-order valence-electron chi connectivity index (χ2n) is 4.00. The SMILES string of the molecule is CCCCNCC([Se]c1ccccc1)C(=O)OC. The van der Waals surface area contributed by atoms with E-state index in [1.807, 2.05) is 18.2 Å². The van der Waals surface area contributed by atoms with E-state index in [9.17, 15) is 4.79 Å². The number of nitrogens with one attached hydrogen (secondary N) is 1. The molecule has 0 aliphatic carbocycles. The molecule has 0 amide bonds. The second kappa shape index (κ2) is 9.15. The molecule has 0 saturated heterocycles. The van der Waals surface area contributed by atoms with Crippen molar-refractivity contribution in [3.63, 3.8) is 0 Å². The van der Waals surface area contributed by atoms with Crippen LogP contribution in [0.1, 0.15) is 19.8 Å². The average Bonchev–Trinajstić information content (AvgIpc) is 2.42. The van der Waals surface area contributed by atoms with E-state index in [1.165, 1.54) is 18.0 Å². The van der Waals surface area contributed by atoms with Gasteiger partial charge in [0.2, 0.25) is 0 Å². The fourth-order valence-corrected chi connectivity index (χ4v) is 3.68. The van der Waals surface area contributed by atoms with Crippen LogP contribution in [0.15, 0.2) is 30.3 Å². The van der Waals surface area contributed by atoms with E-state index in [0.29, 0.717) is 6.54 Å². The number of unbranched alkanes of at least 4 members (excludes halogenated alkanes) is 1. The molecule has 0 heterocycles. The van der Waals surface area contributed by atoms with Gasteiger partial charge in [-0.15, -0.1) is 0 Å². The Morgan fingerprint density at radius 1 is 1.39 bits per heavy atom. The van der Waals surface area contributed by atoms with Crippen LogP contribution in [0.4, 0.5) is 0 Å². The molecule has 1 aromatic carbocycles. The van der Waals surface area contributed by atoms with Crippen LogP contribution in [0.25, 0.3) is 0 Å². The van der Waals surface area contributed by atoms with E-state index in [1.54, 1.807) is 0 Å². The van der Waals surface area contributed by atoms with Gasteiger partial charge >= 0.3 is 115 Å². The maximum atomic E-state index is 11.7. The van der Waals surface area contributed by atoms with Gasteiger partial charge < -0.3 is 0 Å². The molecule has 0 aliphatic heterocycles. The summed E-state index contributed by atoms with van der Waals surface area (Å²) >= 11 is 0.119. The summed E-state index contributed by atoms with van der Waals surface area (Å²) in [5, 5.41) is 3.34. The summed E-state index contributed by atoms with van der Waals surface area (Å²) in [6.45, 7) is 3.84. The van der Waals surface area contributed by atoms with Gasteiger partial charge in [0.05, 0.1) is 0 Å². The van der Waals surface area contributed by atoms with E-state index >= 15 is 0 Å². The van der Waals surface area contributed by atoms with E-state index < -0.39 is 0 Å². The number of ether oxygens (including phenoxy) is 1. The third-order valence-corrected chi connectivity index (χ3v) is 5.01. The standard InChI is InChI=1S/C14H21NO2Se/c1-3-4-10-15-11-13(14(16)17-2)18-12-8-6-5-7-9-12/h5-9,13,15H,3-4,10-11H2,1-2H3. The van der Waals surface area contributed by atoms with Gasteiger partial charge in [0.15, 0.2) is 0 Å². The van der Waals surface area contributed by atoms with Crippen LogP contribution >= 0.6 is 0 Å². The molecule has 1 aromatic rings. The van der Waals surface area contributed by atoms with Crippen molar-refractivity contribution in [2.24, 2.45) is 0 Å². The molecule has 0 aliphatic rings. The van der Waals surface area contributed by atoms with Crippen LogP contribution in [0.2, 0.25) is 4.82 Å². The average molecular weight is 314 g/mol. The molecule has 100 valence electrons. The van der Waals surface area contributed by atoms with E-state index in [4.69, 9.17) is 4.74 Å². The Hall–Kier alpha value is -0.831. The molecular formula is C14H21NO2Se. The summed E-state index contributed by atoms with van der Waals surface area (Å²) < 4.78 is 6.11. The first-order valence-corrected chi connectivity index (χ1v) is 8.12. The van der Waals surface area contributed by atoms with E-state index in [0.717, 1.165) is 13.0 Å². The number of methoxy groups -OCH3 is 1. The van der Waals surface area contributed by atoms with E-state index in [2.05, 4.69) is 24.4 Å². The fourth-order valence-electron chi connectivity index (χ4n) is 1.50. The van der Waals surface area contributed by atoms with Crippen molar-refractivity contribution in [1.82, 2.24) is 5.32 Å². The number of esters is 1. The van der Waals surface area contributed by atoms with Gasteiger partial charge in [0.25, 0.3) is 0 Å². The minimum atomic E-state index is -0.108. The number of benzene rings is 1. The first-order chi connectivity index (χ1) is 8.77. The van der Waals surface area contributed by atoms with E-state index in [-0.39, 0.29) is 25.7 Å². The zero-order valence-corrected chi connectivity index (χ0v) is 12.7. The molecule has 1 unspecified atom stereocenters. The number of carbonyl (C=O) groups excluding carboxylic acids is 1. The third kappa shape index (κ3) is 5.67. The van der Waals surface area contributed by atoms with Crippen molar-refractivity contribution >= 4 is 25.4 Å². The second-order valence-corrected chi connectivity index (χ2v) is 6.68. The van der Waals surface area contributed by atoms with Crippen LogP contribution in [-0.2, 0) is 9.53 Å². The summed E-state index contributed by atoms with van der Waals surface area (Å²) in [5.41, 5.74) is 0. The molecule has 4 heteroatoms. The number of hydrogen-bond acceptors (Lipinski definition) is 3. The predicted octanol–water partition coefficient (Wildman–Crippen LogP) is 1.37. The Morgan fingerprint density at radius 2 is 2.11 bits per heavy atom. The number of hydrogen-bond donors (Lipinski definition) is 1. The summed E-state index contributed by atoms with van der Waals surface area (Å²) in [7, 11) is 1.46. The first kappa shape index (κ1) is 15.2. The molecule has 1 rings (SSSR count). The monoisotopic (exact) mass is 315 g/mol. The van der Waals surface area contributed by atoms with Crippen LogP contribution in [0.5, 0.6) is 0 Å². The zero-order valence-electron chi connectivity index (χ0n) is 11.0. The van der Waals surface area contributed by atoms with Gasteiger partial charge in [0, 0.05) is 0 Å². The van der Waals surface area contributed by atoms with Crippen LogP contribution in [0.3, 0.4) is 0 Å². The van der Waals surface area contributed by atoms with Gasteiger partial charge in [0.1, 0.15) is 0 Å². The number of carbonyl (C=O) groups is 1. The van der Waals surface area contributed by atoms with Crippen molar-refractivity contribution in [1.29, 1.82) is 0 Å². The van der Waals surface area contributed by atoms with Crippen LogP contribution < -0.4 is 9.78 Å². The van der Waals surface area contributed by atoms with Gasteiger partial charge in [-0.3, -0.25) is 0 Å². The van der Waals surface area contributed by atoms with Crippen molar-refractivity contribution in [2.45, 2.75) is 24.6 Å². The molecule has 0 bridgehead atoms.